The highest BCUT2D eigenvalue weighted by molar-refractivity contribution is 7.08. The maximum Gasteiger partial charge on any atom is 0.237 e. The van der Waals surface area contributed by atoms with Gasteiger partial charge < -0.3 is 4.52 Å². The van der Waals surface area contributed by atoms with Crippen LogP contribution < -0.4 is 0 Å². The number of carbonyl (C=O) groups is 1. The number of nitrogens with zero attached hydrogens (tertiary/aromatic N) is 2. The van der Waals surface area contributed by atoms with Gasteiger partial charge in [-0.15, -0.1) is 0 Å². The third kappa shape index (κ3) is 1.99. The van der Waals surface area contributed by atoms with Crippen LogP contribution in [0, 0.1) is 6.92 Å². The van der Waals surface area contributed by atoms with Gasteiger partial charge in [0.05, 0.1) is 5.92 Å². The summed E-state index contributed by atoms with van der Waals surface area (Å²) in [5.41, 5.74) is 2.14. The third-order valence-corrected chi connectivity index (χ3v) is 4.25. The molecule has 1 aliphatic carbocycles. The molecule has 1 aliphatic rings. The van der Waals surface area contributed by atoms with Crippen LogP contribution in [-0.4, -0.2) is 15.9 Å². The number of thiophene rings is 1. The number of ketones is 1. The van der Waals surface area contributed by atoms with Crippen LogP contribution in [0.1, 0.15) is 43.1 Å². The van der Waals surface area contributed by atoms with Crippen LogP contribution in [0.25, 0.3) is 11.4 Å². The van der Waals surface area contributed by atoms with Crippen LogP contribution in [-0.2, 0) is 4.79 Å². The van der Waals surface area contributed by atoms with Crippen LogP contribution in [0.5, 0.6) is 0 Å². The van der Waals surface area contributed by atoms with Gasteiger partial charge in [-0.25, -0.2) is 0 Å². The van der Waals surface area contributed by atoms with Gasteiger partial charge in [-0.1, -0.05) is 11.6 Å². The second-order valence-corrected chi connectivity index (χ2v) is 5.43. The van der Waals surface area contributed by atoms with E-state index in [9.17, 15) is 4.79 Å². The molecule has 2 aromatic heterocycles. The number of aryl methyl sites for hydroxylation is 1. The molecule has 0 saturated heterocycles. The van der Waals surface area contributed by atoms with Crippen LogP contribution >= 0.6 is 11.3 Å². The highest BCUT2D eigenvalue weighted by Crippen LogP contribution is 2.31. The fourth-order valence-corrected chi connectivity index (χ4v) is 3.15. The molecular weight excluding hydrogens is 248 g/mol. The topological polar surface area (TPSA) is 56.0 Å². The van der Waals surface area contributed by atoms with E-state index in [0.717, 1.165) is 30.4 Å². The maximum absolute atomic E-state index is 11.8. The zero-order valence-corrected chi connectivity index (χ0v) is 11.0. The number of rotatable bonds is 2. The van der Waals surface area contributed by atoms with Crippen molar-refractivity contribution in [1.82, 2.24) is 10.1 Å². The fourth-order valence-electron chi connectivity index (χ4n) is 2.32. The first-order valence-electron chi connectivity index (χ1n) is 6.15. The Labute approximate surface area is 109 Å². The van der Waals surface area contributed by atoms with Gasteiger partial charge in [0.1, 0.15) is 5.78 Å². The average Bonchev–Trinajstić information content (AvgIpc) is 2.98. The Morgan fingerprint density at radius 2 is 2.28 bits per heavy atom. The van der Waals surface area contributed by atoms with Crippen molar-refractivity contribution < 1.29 is 9.32 Å². The zero-order chi connectivity index (χ0) is 12.5. The van der Waals surface area contributed by atoms with E-state index in [4.69, 9.17) is 4.52 Å². The highest BCUT2D eigenvalue weighted by atomic mass is 32.1. The molecular formula is C13H14N2O2S. The molecule has 4 nitrogen and oxygen atoms in total. The first kappa shape index (κ1) is 11.6. The van der Waals surface area contributed by atoms with Crippen molar-refractivity contribution in [2.24, 2.45) is 0 Å². The molecule has 0 spiro atoms. The minimum absolute atomic E-state index is 0.182. The predicted octanol–water partition coefficient (Wildman–Crippen LogP) is 3.33. The van der Waals surface area contributed by atoms with E-state index in [0.29, 0.717) is 18.1 Å². The lowest BCUT2D eigenvalue weighted by atomic mass is 9.88. The van der Waals surface area contributed by atoms with E-state index in [2.05, 4.69) is 15.5 Å². The van der Waals surface area contributed by atoms with Crippen molar-refractivity contribution in [2.45, 2.75) is 38.5 Å². The summed E-state index contributed by atoms with van der Waals surface area (Å²) in [4.78, 5) is 16.2. The summed E-state index contributed by atoms with van der Waals surface area (Å²) in [6.07, 6.45) is 3.52. The number of hydrogen-bond donors (Lipinski definition) is 0. The molecule has 1 fully saturated rings. The lowest BCUT2D eigenvalue weighted by molar-refractivity contribution is -0.122. The normalized spacial score (nSPS) is 20.3. The molecule has 1 saturated carbocycles. The Morgan fingerprint density at radius 3 is 3.00 bits per heavy atom. The van der Waals surface area contributed by atoms with Gasteiger partial charge in [0.15, 0.2) is 0 Å². The van der Waals surface area contributed by atoms with E-state index >= 15 is 0 Å². The number of hydrogen-bond acceptors (Lipinski definition) is 5. The molecule has 5 heteroatoms. The molecule has 0 aliphatic heterocycles. The molecule has 2 heterocycles. The Balaban J connectivity index is 1.89. The summed E-state index contributed by atoms with van der Waals surface area (Å²) in [6, 6.07) is 0. The third-order valence-electron chi connectivity index (χ3n) is 3.39. The molecule has 1 unspecified atom stereocenters. The minimum Gasteiger partial charge on any atom is -0.338 e. The van der Waals surface area contributed by atoms with Crippen molar-refractivity contribution >= 4 is 17.1 Å². The van der Waals surface area contributed by atoms with Gasteiger partial charge in [-0.3, -0.25) is 4.79 Å². The van der Waals surface area contributed by atoms with Gasteiger partial charge in [0.25, 0.3) is 0 Å². The van der Waals surface area contributed by atoms with E-state index in [1.165, 1.54) is 0 Å². The number of Topliss-reactive ketones (excluding diaryl/α,β-unsaturated/α-hetero) is 1. The molecule has 2 aromatic rings. The van der Waals surface area contributed by atoms with Crippen molar-refractivity contribution in [2.75, 3.05) is 0 Å². The lowest BCUT2D eigenvalue weighted by Gasteiger charge is -2.16. The Morgan fingerprint density at radius 1 is 1.39 bits per heavy atom. The van der Waals surface area contributed by atoms with Gasteiger partial charge in [0, 0.05) is 17.4 Å². The van der Waals surface area contributed by atoms with Crippen LogP contribution in [0.15, 0.2) is 15.3 Å². The van der Waals surface area contributed by atoms with Crippen molar-refractivity contribution in [1.29, 1.82) is 0 Å². The standard InChI is InChI=1S/C13H14N2O2S/c1-8-6-18-7-10(8)12-14-13(17-15-12)9-4-2-3-5-11(9)16/h6-7,9H,2-5H2,1H3. The SMILES string of the molecule is Cc1cscc1-c1noc(C2CCCCC2=O)n1. The molecule has 1 atom stereocenters. The van der Waals surface area contributed by atoms with Crippen LogP contribution in [0.2, 0.25) is 0 Å². The van der Waals surface area contributed by atoms with E-state index < -0.39 is 0 Å². The van der Waals surface area contributed by atoms with Crippen molar-refractivity contribution in [3.05, 3.63) is 22.2 Å². The first-order chi connectivity index (χ1) is 8.75. The van der Waals surface area contributed by atoms with E-state index in [1.807, 2.05) is 12.3 Å². The Bertz CT molecular complexity index is 573. The fraction of sp³-hybridized carbons (Fsp3) is 0.462. The molecule has 0 aromatic carbocycles. The molecule has 3 rings (SSSR count). The lowest BCUT2D eigenvalue weighted by Crippen LogP contribution is -2.17. The molecule has 0 amide bonds. The second-order valence-electron chi connectivity index (χ2n) is 4.69. The summed E-state index contributed by atoms with van der Waals surface area (Å²) < 4.78 is 5.28. The number of carbonyl (C=O) groups excluding carboxylic acids is 1. The summed E-state index contributed by atoms with van der Waals surface area (Å²) >= 11 is 1.62. The van der Waals surface area contributed by atoms with Gasteiger partial charge >= 0.3 is 0 Å². The first-order valence-corrected chi connectivity index (χ1v) is 7.09. The van der Waals surface area contributed by atoms with E-state index in [-0.39, 0.29) is 11.7 Å². The molecule has 0 radical (unpaired) electrons. The Hall–Kier alpha value is -1.49. The van der Waals surface area contributed by atoms with E-state index in [1.54, 1.807) is 11.3 Å². The van der Waals surface area contributed by atoms with Gasteiger partial charge in [0.2, 0.25) is 11.7 Å². The average molecular weight is 262 g/mol. The summed E-state index contributed by atoms with van der Waals surface area (Å²) in [5, 5.41) is 8.06. The summed E-state index contributed by atoms with van der Waals surface area (Å²) in [6.45, 7) is 2.02. The van der Waals surface area contributed by atoms with Crippen LogP contribution in [0.4, 0.5) is 0 Å². The zero-order valence-electron chi connectivity index (χ0n) is 10.2. The summed E-state index contributed by atoms with van der Waals surface area (Å²) in [7, 11) is 0. The quantitative estimate of drug-likeness (QED) is 0.833. The summed E-state index contributed by atoms with van der Waals surface area (Å²) in [5.74, 6) is 1.14. The molecule has 18 heavy (non-hydrogen) atoms. The largest absolute Gasteiger partial charge is 0.338 e. The highest BCUT2D eigenvalue weighted by Gasteiger charge is 2.29. The maximum atomic E-state index is 11.8. The van der Waals surface area contributed by atoms with Gasteiger partial charge in [-0.2, -0.15) is 16.3 Å². The minimum atomic E-state index is -0.182. The predicted molar refractivity (Wildman–Crippen MR) is 68.6 cm³/mol. The molecule has 94 valence electrons. The second kappa shape index (κ2) is 4.65. The molecule has 0 bridgehead atoms. The number of aromatic nitrogens is 2. The molecule has 0 N–H and O–H groups in total. The Kier molecular flexibility index (Phi) is 2.99. The van der Waals surface area contributed by atoms with Gasteiger partial charge in [-0.05, 0) is 30.7 Å². The van der Waals surface area contributed by atoms with Crippen molar-refractivity contribution in [3.8, 4) is 11.4 Å². The van der Waals surface area contributed by atoms with Crippen molar-refractivity contribution in [3.63, 3.8) is 0 Å². The monoisotopic (exact) mass is 262 g/mol. The smallest absolute Gasteiger partial charge is 0.237 e. The van der Waals surface area contributed by atoms with Crippen LogP contribution in [0.3, 0.4) is 0 Å².